The molecule has 0 spiro atoms. The predicted octanol–water partition coefficient (Wildman–Crippen LogP) is 12.6. The molecule has 11 aromatic rings. The fraction of sp³-hybridized carbons (Fsp3) is 0. The molecular weight excluding hydrogens is 684 g/mol. The number of hydrogen-bond donors (Lipinski definition) is 0. The molecule has 51 heavy (non-hydrogen) atoms. The number of aromatic nitrogens is 2. The average Bonchev–Trinajstić information content (AvgIpc) is 3.85. The van der Waals surface area contributed by atoms with Crippen molar-refractivity contribution in [2.45, 2.75) is 0 Å². The minimum atomic E-state index is 0.209. The van der Waals surface area contributed by atoms with Crippen LogP contribution in [0.25, 0.3) is 96.5 Å². The van der Waals surface area contributed by atoms with Crippen LogP contribution < -0.4 is 0 Å². The fourth-order valence-electron chi connectivity index (χ4n) is 8.24. The molecule has 11 rings (SSSR count). The van der Waals surface area contributed by atoms with Gasteiger partial charge in [-0.3, -0.25) is 0 Å². The summed E-state index contributed by atoms with van der Waals surface area (Å²) < 4.78 is 7.83. The van der Waals surface area contributed by atoms with Crippen LogP contribution in [0.5, 0.6) is 0 Å². The van der Waals surface area contributed by atoms with E-state index in [0.717, 1.165) is 0 Å². The Balaban J connectivity index is 1.13. The summed E-state index contributed by atoms with van der Waals surface area (Å²) in [7, 11) is 0. The van der Waals surface area contributed by atoms with Crippen molar-refractivity contribution in [1.29, 1.82) is 0 Å². The normalized spacial score (nSPS) is 11.9. The summed E-state index contributed by atoms with van der Waals surface area (Å²) >= 11 is 0.209. The third kappa shape index (κ3) is 4.36. The first-order chi connectivity index (χ1) is 25.3. The molecule has 3 heterocycles. The first kappa shape index (κ1) is 28.7. The second-order valence-electron chi connectivity index (χ2n) is 13.3. The summed E-state index contributed by atoms with van der Waals surface area (Å²) in [6.07, 6.45) is 0. The number of benzene rings is 8. The predicted molar refractivity (Wildman–Crippen MR) is 218 cm³/mol. The topological polar surface area (TPSA) is 9.86 Å². The molecule has 238 valence electrons. The Bertz CT molecular complexity index is 3090. The van der Waals surface area contributed by atoms with Crippen molar-refractivity contribution in [2.24, 2.45) is 0 Å². The molecule has 0 fully saturated rings. The van der Waals surface area contributed by atoms with Crippen molar-refractivity contribution in [3.05, 3.63) is 182 Å². The van der Waals surface area contributed by atoms with Crippen LogP contribution in [0.15, 0.2) is 182 Å². The monoisotopic (exact) mass is 714 g/mol. The number of rotatable bonds is 4. The molecule has 0 aliphatic carbocycles. The second-order valence-corrected chi connectivity index (χ2v) is 15.6. The van der Waals surface area contributed by atoms with Gasteiger partial charge in [0.15, 0.2) is 0 Å². The van der Waals surface area contributed by atoms with Crippen LogP contribution >= 0.6 is 0 Å². The number of para-hydroxylation sites is 3. The van der Waals surface area contributed by atoms with Crippen molar-refractivity contribution in [3.8, 4) is 33.6 Å². The molecule has 0 saturated heterocycles. The van der Waals surface area contributed by atoms with Gasteiger partial charge in [0.2, 0.25) is 0 Å². The van der Waals surface area contributed by atoms with E-state index in [9.17, 15) is 0 Å². The van der Waals surface area contributed by atoms with Crippen LogP contribution in [0.1, 0.15) is 0 Å². The standard InChI is InChI=1S/C48H30N2Se/c1-2-12-31(13-3-1)32-14-10-15-33(28-32)34-24-26-40-47(29-34)51-46-23-11-22-44(48(40)46)50-43-21-9-6-18-38(43)39-27-25-35(30-45(39)50)49-41-19-7-4-16-36(41)37-17-5-8-20-42(37)49/h1-30H. The quantitative estimate of drug-likeness (QED) is 0.161. The zero-order chi connectivity index (χ0) is 33.5. The van der Waals surface area contributed by atoms with E-state index in [-0.39, 0.29) is 14.5 Å². The van der Waals surface area contributed by atoms with Crippen LogP contribution in [0, 0.1) is 0 Å². The molecular formula is C48H30N2Se. The molecule has 0 unspecified atom stereocenters. The molecule has 0 radical (unpaired) electrons. The maximum atomic E-state index is 2.52. The van der Waals surface area contributed by atoms with E-state index in [1.165, 1.54) is 96.5 Å². The van der Waals surface area contributed by atoms with Gasteiger partial charge < -0.3 is 0 Å². The summed E-state index contributed by atoms with van der Waals surface area (Å²) in [4.78, 5) is 0. The van der Waals surface area contributed by atoms with Crippen LogP contribution in [0.2, 0.25) is 0 Å². The van der Waals surface area contributed by atoms with E-state index in [2.05, 4.69) is 191 Å². The summed E-state index contributed by atoms with van der Waals surface area (Å²) in [5.74, 6) is 0. The maximum absolute atomic E-state index is 2.52. The molecule has 0 bridgehead atoms. The molecule has 0 atom stereocenters. The summed E-state index contributed by atoms with van der Waals surface area (Å²) in [5.41, 5.74) is 12.3. The van der Waals surface area contributed by atoms with E-state index in [0.29, 0.717) is 0 Å². The molecule has 2 nitrogen and oxygen atoms in total. The van der Waals surface area contributed by atoms with Gasteiger partial charge in [0.25, 0.3) is 0 Å². The first-order valence-corrected chi connectivity index (χ1v) is 19.1. The Morgan fingerprint density at radius 1 is 0.314 bits per heavy atom. The van der Waals surface area contributed by atoms with Gasteiger partial charge in [-0.2, -0.15) is 0 Å². The number of nitrogens with zero attached hydrogens (tertiary/aromatic N) is 2. The van der Waals surface area contributed by atoms with Crippen molar-refractivity contribution >= 4 is 77.4 Å². The zero-order valence-electron chi connectivity index (χ0n) is 27.6. The summed E-state index contributed by atoms with van der Waals surface area (Å²) in [5, 5.41) is 7.82. The van der Waals surface area contributed by atoms with Crippen LogP contribution in [-0.4, -0.2) is 23.6 Å². The van der Waals surface area contributed by atoms with Gasteiger partial charge >= 0.3 is 302 Å². The SMILES string of the molecule is c1ccc(-c2cccc(-c3ccc4c(c3)[se]c3cccc(-n5c6ccccc6c6ccc(-n7c8ccccc8c8ccccc87)cc65)c34)c2)cc1. The molecule has 8 aromatic carbocycles. The summed E-state index contributed by atoms with van der Waals surface area (Å²) in [6, 6.07) is 67.1. The number of hydrogen-bond acceptors (Lipinski definition) is 0. The van der Waals surface area contributed by atoms with Crippen LogP contribution in [-0.2, 0) is 0 Å². The molecule has 3 aromatic heterocycles. The molecule has 0 aliphatic rings. The van der Waals surface area contributed by atoms with E-state index in [1.54, 1.807) is 0 Å². The van der Waals surface area contributed by atoms with Gasteiger partial charge in [-0.25, -0.2) is 0 Å². The Morgan fingerprint density at radius 2 is 0.863 bits per heavy atom. The Labute approximate surface area is 300 Å². The molecule has 3 heteroatoms. The Hall–Kier alpha value is -6.12. The Morgan fingerprint density at radius 3 is 1.59 bits per heavy atom. The average molecular weight is 714 g/mol. The molecule has 0 amide bonds. The molecule has 0 N–H and O–H groups in total. The van der Waals surface area contributed by atoms with Crippen molar-refractivity contribution in [1.82, 2.24) is 9.13 Å². The van der Waals surface area contributed by atoms with E-state index >= 15 is 0 Å². The third-order valence-corrected chi connectivity index (χ3v) is 12.9. The van der Waals surface area contributed by atoms with Gasteiger partial charge in [0.05, 0.1) is 0 Å². The van der Waals surface area contributed by atoms with Crippen molar-refractivity contribution in [2.75, 3.05) is 0 Å². The van der Waals surface area contributed by atoms with Crippen LogP contribution in [0.3, 0.4) is 0 Å². The molecule has 0 aliphatic heterocycles. The Kier molecular flexibility index (Phi) is 6.30. The van der Waals surface area contributed by atoms with E-state index in [1.807, 2.05) is 0 Å². The van der Waals surface area contributed by atoms with Gasteiger partial charge in [0, 0.05) is 0 Å². The number of fused-ring (bicyclic) bond motifs is 9. The van der Waals surface area contributed by atoms with E-state index < -0.39 is 0 Å². The van der Waals surface area contributed by atoms with Gasteiger partial charge in [0.1, 0.15) is 0 Å². The van der Waals surface area contributed by atoms with E-state index in [4.69, 9.17) is 0 Å². The third-order valence-electron chi connectivity index (χ3n) is 10.5. The van der Waals surface area contributed by atoms with Crippen molar-refractivity contribution < 1.29 is 0 Å². The zero-order valence-corrected chi connectivity index (χ0v) is 29.3. The summed E-state index contributed by atoms with van der Waals surface area (Å²) in [6.45, 7) is 0. The van der Waals surface area contributed by atoms with Gasteiger partial charge in [-0.05, 0) is 0 Å². The van der Waals surface area contributed by atoms with Crippen LogP contribution in [0.4, 0.5) is 0 Å². The molecule has 0 saturated carbocycles. The van der Waals surface area contributed by atoms with Gasteiger partial charge in [-0.15, -0.1) is 0 Å². The fourth-order valence-corrected chi connectivity index (χ4v) is 10.7. The van der Waals surface area contributed by atoms with Gasteiger partial charge in [-0.1, -0.05) is 0 Å². The van der Waals surface area contributed by atoms with Crippen molar-refractivity contribution in [3.63, 3.8) is 0 Å². The minimum absolute atomic E-state index is 0.209. The first-order valence-electron chi connectivity index (χ1n) is 17.4. The second kappa shape index (κ2) is 11.2.